The summed E-state index contributed by atoms with van der Waals surface area (Å²) in [4.78, 5) is 5.12. The van der Waals surface area contributed by atoms with Crippen LogP contribution < -0.4 is 4.74 Å². The van der Waals surface area contributed by atoms with Crippen molar-refractivity contribution in [3.63, 3.8) is 0 Å². The number of aryl methyl sites for hydroxylation is 2. The van der Waals surface area contributed by atoms with Crippen LogP contribution in [0.25, 0.3) is 0 Å². The van der Waals surface area contributed by atoms with Gasteiger partial charge in [-0.1, -0.05) is 42.5 Å². The van der Waals surface area contributed by atoms with Gasteiger partial charge >= 0.3 is 0 Å². The zero-order valence-corrected chi connectivity index (χ0v) is 24.6. The van der Waals surface area contributed by atoms with Gasteiger partial charge in [-0.15, -0.1) is 24.8 Å². The summed E-state index contributed by atoms with van der Waals surface area (Å²) in [6.07, 6.45) is 5.96. The molecule has 2 aliphatic rings. The minimum atomic E-state index is 0. The highest BCUT2D eigenvalue weighted by Crippen LogP contribution is 2.27. The van der Waals surface area contributed by atoms with Crippen LogP contribution in [0, 0.1) is 24.2 Å². The second-order valence-corrected chi connectivity index (χ2v) is 10.8. The number of nitriles is 1. The van der Waals surface area contributed by atoms with Gasteiger partial charge in [-0.05, 0) is 117 Å². The molecule has 0 spiro atoms. The molecule has 6 heteroatoms. The molecule has 3 aromatic carbocycles. The quantitative estimate of drug-likeness (QED) is 0.286. The molecule has 2 heterocycles. The zero-order chi connectivity index (χ0) is 25.5. The molecule has 0 aromatic heterocycles. The Morgan fingerprint density at radius 3 is 2.38 bits per heavy atom. The molecule has 1 fully saturated rings. The summed E-state index contributed by atoms with van der Waals surface area (Å²) in [5.74, 6) is 1.76. The lowest BCUT2D eigenvalue weighted by molar-refractivity contribution is 0.157. The van der Waals surface area contributed by atoms with Crippen molar-refractivity contribution in [2.45, 2.75) is 58.7 Å². The van der Waals surface area contributed by atoms with E-state index in [0.717, 1.165) is 75.9 Å². The predicted octanol–water partition coefficient (Wildman–Crippen LogP) is 7.34. The van der Waals surface area contributed by atoms with Crippen molar-refractivity contribution in [2.75, 3.05) is 26.2 Å². The Morgan fingerprint density at radius 1 is 0.872 bits per heavy atom. The van der Waals surface area contributed by atoms with Crippen molar-refractivity contribution in [3.05, 3.63) is 100 Å². The molecular formula is C33H41Cl2N3O. The number of nitrogens with zero attached hydrogens (tertiary/aromatic N) is 3. The molecule has 0 bridgehead atoms. The highest BCUT2D eigenvalue weighted by Gasteiger charge is 2.20. The summed E-state index contributed by atoms with van der Waals surface area (Å²) in [6.45, 7) is 9.42. The van der Waals surface area contributed by atoms with Crippen molar-refractivity contribution in [1.29, 1.82) is 5.26 Å². The van der Waals surface area contributed by atoms with E-state index in [1.807, 2.05) is 12.1 Å². The SMILES string of the molecule is Cc1ccccc1CN1CCCc2ccc(OCCC3CCN(Cc4ccc(C#N)cc4)CC3)cc2C1.Cl.Cl. The predicted molar refractivity (Wildman–Crippen MR) is 164 cm³/mol. The zero-order valence-electron chi connectivity index (χ0n) is 23.0. The number of halogens is 2. The topological polar surface area (TPSA) is 39.5 Å². The minimum Gasteiger partial charge on any atom is -0.494 e. The highest BCUT2D eigenvalue weighted by molar-refractivity contribution is 5.85. The number of benzene rings is 3. The lowest BCUT2D eigenvalue weighted by atomic mass is 9.93. The van der Waals surface area contributed by atoms with Gasteiger partial charge in [0.25, 0.3) is 0 Å². The fourth-order valence-corrected chi connectivity index (χ4v) is 5.78. The van der Waals surface area contributed by atoms with Gasteiger partial charge in [-0.3, -0.25) is 9.80 Å². The van der Waals surface area contributed by atoms with Gasteiger partial charge in [0.05, 0.1) is 18.2 Å². The molecule has 2 aliphatic heterocycles. The lowest BCUT2D eigenvalue weighted by Gasteiger charge is -2.32. The van der Waals surface area contributed by atoms with E-state index in [-0.39, 0.29) is 24.8 Å². The van der Waals surface area contributed by atoms with Crippen molar-refractivity contribution in [3.8, 4) is 11.8 Å². The first-order valence-corrected chi connectivity index (χ1v) is 13.9. The molecular weight excluding hydrogens is 525 g/mol. The van der Waals surface area contributed by atoms with Crippen molar-refractivity contribution >= 4 is 24.8 Å². The fourth-order valence-electron chi connectivity index (χ4n) is 5.78. The molecule has 208 valence electrons. The van der Waals surface area contributed by atoms with Crippen molar-refractivity contribution in [2.24, 2.45) is 5.92 Å². The molecule has 0 amide bonds. The fraction of sp³-hybridized carbons (Fsp3) is 0.424. The van der Waals surface area contributed by atoms with Gasteiger partial charge in [0.2, 0.25) is 0 Å². The van der Waals surface area contributed by atoms with E-state index in [2.05, 4.69) is 77.4 Å². The first-order chi connectivity index (χ1) is 18.2. The monoisotopic (exact) mass is 565 g/mol. The average Bonchev–Trinajstić information content (AvgIpc) is 3.13. The number of piperidine rings is 1. The maximum absolute atomic E-state index is 8.98. The molecule has 0 atom stereocenters. The Labute approximate surface area is 246 Å². The highest BCUT2D eigenvalue weighted by atomic mass is 35.5. The Morgan fingerprint density at radius 2 is 1.64 bits per heavy atom. The molecule has 0 radical (unpaired) electrons. The summed E-state index contributed by atoms with van der Waals surface area (Å²) >= 11 is 0. The molecule has 39 heavy (non-hydrogen) atoms. The molecule has 0 aliphatic carbocycles. The van der Waals surface area contributed by atoms with E-state index in [1.165, 1.54) is 47.1 Å². The Balaban J connectivity index is 0.00000210. The summed E-state index contributed by atoms with van der Waals surface area (Å²) in [5.41, 5.74) is 7.75. The van der Waals surface area contributed by atoms with Gasteiger partial charge in [0.15, 0.2) is 0 Å². The Kier molecular flexibility index (Phi) is 12.2. The largest absolute Gasteiger partial charge is 0.494 e. The first kappa shape index (κ1) is 31.0. The third kappa shape index (κ3) is 8.72. The lowest BCUT2D eigenvalue weighted by Crippen LogP contribution is -2.33. The number of hydrogen-bond donors (Lipinski definition) is 0. The normalized spacial score (nSPS) is 16.2. The third-order valence-corrected chi connectivity index (χ3v) is 8.14. The smallest absolute Gasteiger partial charge is 0.119 e. The summed E-state index contributed by atoms with van der Waals surface area (Å²) < 4.78 is 6.27. The van der Waals surface area contributed by atoms with Crippen molar-refractivity contribution in [1.82, 2.24) is 9.80 Å². The second kappa shape index (κ2) is 15.3. The van der Waals surface area contributed by atoms with Gasteiger partial charge in [0.1, 0.15) is 5.75 Å². The Hall–Kier alpha value is -2.55. The summed E-state index contributed by atoms with van der Waals surface area (Å²) in [6, 6.07) is 25.7. The average molecular weight is 567 g/mol. The number of ether oxygens (including phenoxy) is 1. The summed E-state index contributed by atoms with van der Waals surface area (Å²) in [7, 11) is 0. The number of fused-ring (bicyclic) bond motifs is 1. The molecule has 3 aromatic rings. The molecule has 1 saturated heterocycles. The van der Waals surface area contributed by atoms with Gasteiger partial charge in [-0.25, -0.2) is 0 Å². The second-order valence-electron chi connectivity index (χ2n) is 10.8. The van der Waals surface area contributed by atoms with Crippen LogP contribution in [0.4, 0.5) is 0 Å². The van der Waals surface area contributed by atoms with Crippen LogP contribution >= 0.6 is 24.8 Å². The van der Waals surface area contributed by atoms with E-state index in [1.54, 1.807) is 0 Å². The number of hydrogen-bond acceptors (Lipinski definition) is 4. The standard InChI is InChI=1S/C33H39N3O.2ClH/c1-26-5-2-3-6-31(26)24-36-17-4-7-30-12-13-33(21-32(30)25-36)37-20-16-27-14-18-35(19-15-27)23-29-10-8-28(22-34)9-11-29;;/h2-3,5-6,8-13,21,27H,4,7,14-20,23-25H2,1H3;2*1H. The maximum atomic E-state index is 8.98. The van der Waals surface area contributed by atoms with Gasteiger partial charge < -0.3 is 4.74 Å². The summed E-state index contributed by atoms with van der Waals surface area (Å²) in [5, 5.41) is 8.98. The third-order valence-electron chi connectivity index (χ3n) is 8.14. The number of likely N-dealkylation sites (tertiary alicyclic amines) is 1. The minimum absolute atomic E-state index is 0. The van der Waals surface area contributed by atoms with E-state index in [0.29, 0.717) is 0 Å². The van der Waals surface area contributed by atoms with Crippen LogP contribution in [-0.4, -0.2) is 36.0 Å². The van der Waals surface area contributed by atoms with Crippen LogP contribution in [-0.2, 0) is 26.1 Å². The molecule has 0 unspecified atom stereocenters. The van der Waals surface area contributed by atoms with Crippen LogP contribution in [0.15, 0.2) is 66.7 Å². The Bertz CT molecular complexity index is 1220. The van der Waals surface area contributed by atoms with Gasteiger partial charge in [-0.2, -0.15) is 5.26 Å². The van der Waals surface area contributed by atoms with E-state index < -0.39 is 0 Å². The molecule has 0 saturated carbocycles. The van der Waals surface area contributed by atoms with Crippen LogP contribution in [0.5, 0.6) is 5.75 Å². The van der Waals surface area contributed by atoms with E-state index >= 15 is 0 Å². The molecule has 0 N–H and O–H groups in total. The van der Waals surface area contributed by atoms with Crippen molar-refractivity contribution < 1.29 is 4.74 Å². The van der Waals surface area contributed by atoms with Gasteiger partial charge in [0, 0.05) is 19.6 Å². The van der Waals surface area contributed by atoms with E-state index in [9.17, 15) is 0 Å². The van der Waals surface area contributed by atoms with E-state index in [4.69, 9.17) is 10.00 Å². The molecule has 5 rings (SSSR count). The molecule has 4 nitrogen and oxygen atoms in total. The van der Waals surface area contributed by atoms with Crippen LogP contribution in [0.3, 0.4) is 0 Å². The number of rotatable bonds is 8. The van der Waals surface area contributed by atoms with Crippen LogP contribution in [0.2, 0.25) is 0 Å². The maximum Gasteiger partial charge on any atom is 0.119 e. The van der Waals surface area contributed by atoms with Crippen LogP contribution in [0.1, 0.15) is 59.1 Å². The first-order valence-electron chi connectivity index (χ1n) is 13.9.